The van der Waals surface area contributed by atoms with Gasteiger partial charge in [0.1, 0.15) is 11.9 Å². The third-order valence-corrected chi connectivity index (χ3v) is 2.87. The van der Waals surface area contributed by atoms with E-state index in [1.54, 1.807) is 0 Å². The predicted molar refractivity (Wildman–Crippen MR) is 55.8 cm³/mol. The summed E-state index contributed by atoms with van der Waals surface area (Å²) >= 11 is 0. The summed E-state index contributed by atoms with van der Waals surface area (Å²) in [5.41, 5.74) is 1.45. The van der Waals surface area contributed by atoms with E-state index >= 15 is 0 Å². The Hall–Kier alpha value is -1.83. The predicted octanol–water partition coefficient (Wildman–Crippen LogP) is 1.11. The molecule has 0 atom stereocenters. The molecule has 0 spiro atoms. The van der Waals surface area contributed by atoms with Gasteiger partial charge < -0.3 is 9.67 Å². The molecule has 1 aromatic heterocycles. The number of aryl methyl sites for hydroxylation is 1. The molecule has 2 heterocycles. The van der Waals surface area contributed by atoms with Crippen molar-refractivity contribution in [3.63, 3.8) is 0 Å². The Morgan fingerprint density at radius 3 is 3.06 bits per heavy atom. The van der Waals surface area contributed by atoms with E-state index in [-0.39, 0.29) is 6.42 Å². The molecule has 1 N–H and O–H groups in total. The molecule has 16 heavy (non-hydrogen) atoms. The molecule has 2 rings (SSSR count). The van der Waals surface area contributed by atoms with Crippen molar-refractivity contribution in [2.75, 3.05) is 0 Å². The molecular formula is C11H13N3O2. The van der Waals surface area contributed by atoms with Crippen molar-refractivity contribution in [1.29, 1.82) is 5.26 Å². The van der Waals surface area contributed by atoms with Gasteiger partial charge in [-0.05, 0) is 19.3 Å². The standard InChI is InChI=1S/C11H13N3O2/c12-7-8-9-3-1-2-6-14(9)10(13-8)4-5-11(15)16/h1-6H2,(H,15,16). The van der Waals surface area contributed by atoms with Gasteiger partial charge in [0.2, 0.25) is 0 Å². The van der Waals surface area contributed by atoms with E-state index in [4.69, 9.17) is 10.4 Å². The number of nitrogens with zero attached hydrogens (tertiary/aromatic N) is 3. The summed E-state index contributed by atoms with van der Waals surface area (Å²) in [4.78, 5) is 14.7. The zero-order valence-corrected chi connectivity index (χ0v) is 8.94. The highest BCUT2D eigenvalue weighted by Gasteiger charge is 2.19. The first kappa shape index (κ1) is 10.7. The molecule has 0 amide bonds. The monoisotopic (exact) mass is 219 g/mol. The lowest BCUT2D eigenvalue weighted by atomic mass is 10.1. The van der Waals surface area contributed by atoms with E-state index in [2.05, 4.69) is 11.1 Å². The lowest BCUT2D eigenvalue weighted by Crippen LogP contribution is -2.14. The molecule has 5 nitrogen and oxygen atoms in total. The minimum Gasteiger partial charge on any atom is -0.481 e. The van der Waals surface area contributed by atoms with E-state index in [1.165, 1.54) is 0 Å². The number of hydrogen-bond donors (Lipinski definition) is 1. The second kappa shape index (κ2) is 4.35. The largest absolute Gasteiger partial charge is 0.481 e. The molecule has 0 aromatic carbocycles. The Morgan fingerprint density at radius 1 is 1.56 bits per heavy atom. The number of aromatic nitrogens is 2. The van der Waals surface area contributed by atoms with E-state index in [1.807, 2.05) is 4.57 Å². The van der Waals surface area contributed by atoms with E-state index < -0.39 is 5.97 Å². The molecule has 84 valence electrons. The first-order chi connectivity index (χ1) is 7.72. The second-order valence-corrected chi connectivity index (χ2v) is 3.94. The van der Waals surface area contributed by atoms with Crippen molar-refractivity contribution in [2.45, 2.75) is 38.6 Å². The Kier molecular flexibility index (Phi) is 2.91. The lowest BCUT2D eigenvalue weighted by molar-refractivity contribution is -0.137. The van der Waals surface area contributed by atoms with Gasteiger partial charge in [0.05, 0.1) is 12.1 Å². The highest BCUT2D eigenvalue weighted by atomic mass is 16.4. The molecule has 5 heteroatoms. The summed E-state index contributed by atoms with van der Waals surface area (Å²) in [5.74, 6) is -0.0830. The van der Waals surface area contributed by atoms with Crippen molar-refractivity contribution >= 4 is 5.97 Å². The van der Waals surface area contributed by atoms with E-state index in [0.29, 0.717) is 12.1 Å². The molecule has 0 saturated heterocycles. The first-order valence-corrected chi connectivity index (χ1v) is 5.42. The summed E-state index contributed by atoms with van der Waals surface area (Å²) in [6.07, 6.45) is 3.52. The van der Waals surface area contributed by atoms with Gasteiger partial charge in [-0.25, -0.2) is 4.98 Å². The van der Waals surface area contributed by atoms with Crippen LogP contribution in [0.25, 0.3) is 0 Å². The topological polar surface area (TPSA) is 78.9 Å². The van der Waals surface area contributed by atoms with Crippen LogP contribution in [0, 0.1) is 11.3 Å². The maximum absolute atomic E-state index is 10.5. The van der Waals surface area contributed by atoms with Crippen molar-refractivity contribution < 1.29 is 9.90 Å². The number of imidazole rings is 1. The van der Waals surface area contributed by atoms with Gasteiger partial charge in [-0.15, -0.1) is 0 Å². The van der Waals surface area contributed by atoms with Gasteiger partial charge in [0, 0.05) is 13.0 Å². The third-order valence-electron chi connectivity index (χ3n) is 2.87. The average molecular weight is 219 g/mol. The van der Waals surface area contributed by atoms with Crippen molar-refractivity contribution in [3.05, 3.63) is 17.2 Å². The minimum absolute atomic E-state index is 0.0708. The number of nitriles is 1. The van der Waals surface area contributed by atoms with Gasteiger partial charge in [0.15, 0.2) is 5.69 Å². The van der Waals surface area contributed by atoms with Crippen molar-refractivity contribution in [2.24, 2.45) is 0 Å². The van der Waals surface area contributed by atoms with Crippen LogP contribution in [0.1, 0.15) is 36.5 Å². The molecule has 1 aliphatic heterocycles. The van der Waals surface area contributed by atoms with E-state index in [9.17, 15) is 4.79 Å². The van der Waals surface area contributed by atoms with Crippen LogP contribution in [-0.2, 0) is 24.2 Å². The fourth-order valence-electron chi connectivity index (χ4n) is 2.12. The molecule has 0 bridgehead atoms. The second-order valence-electron chi connectivity index (χ2n) is 3.94. The molecule has 1 aromatic rings. The normalized spacial score (nSPS) is 14.2. The summed E-state index contributed by atoms with van der Waals surface area (Å²) in [6, 6.07) is 2.08. The summed E-state index contributed by atoms with van der Waals surface area (Å²) in [7, 11) is 0. The quantitative estimate of drug-likeness (QED) is 0.825. The average Bonchev–Trinajstić information content (AvgIpc) is 2.65. The van der Waals surface area contributed by atoms with Crippen LogP contribution in [0.4, 0.5) is 0 Å². The SMILES string of the molecule is N#Cc1nc(CCC(=O)O)n2c1CCCC2. The summed E-state index contributed by atoms with van der Waals surface area (Å²) in [6.45, 7) is 0.860. The minimum atomic E-state index is -0.827. The Morgan fingerprint density at radius 2 is 2.38 bits per heavy atom. The maximum Gasteiger partial charge on any atom is 0.303 e. The molecule has 0 saturated carbocycles. The number of carboxylic acid groups (broad SMARTS) is 1. The van der Waals surface area contributed by atoms with Crippen molar-refractivity contribution in [1.82, 2.24) is 9.55 Å². The Balaban J connectivity index is 2.28. The van der Waals surface area contributed by atoms with Gasteiger partial charge in [-0.1, -0.05) is 0 Å². The summed E-state index contributed by atoms with van der Waals surface area (Å²) < 4.78 is 2.02. The zero-order chi connectivity index (χ0) is 11.5. The molecule has 1 aliphatic rings. The van der Waals surface area contributed by atoms with Gasteiger partial charge in [0.25, 0.3) is 0 Å². The van der Waals surface area contributed by atoms with Crippen LogP contribution in [-0.4, -0.2) is 20.6 Å². The fourth-order valence-corrected chi connectivity index (χ4v) is 2.12. The Bertz CT molecular complexity index is 457. The van der Waals surface area contributed by atoms with Crippen LogP contribution in [0.15, 0.2) is 0 Å². The van der Waals surface area contributed by atoms with Crippen LogP contribution in [0.3, 0.4) is 0 Å². The number of carboxylic acids is 1. The highest BCUT2D eigenvalue weighted by Crippen LogP contribution is 2.21. The first-order valence-electron chi connectivity index (χ1n) is 5.42. The molecule has 0 radical (unpaired) electrons. The number of carbonyl (C=O) groups is 1. The van der Waals surface area contributed by atoms with Crippen LogP contribution in [0.5, 0.6) is 0 Å². The number of hydrogen-bond acceptors (Lipinski definition) is 3. The number of rotatable bonds is 3. The number of aliphatic carboxylic acids is 1. The van der Waals surface area contributed by atoms with Gasteiger partial charge >= 0.3 is 5.97 Å². The third kappa shape index (κ3) is 1.91. The highest BCUT2D eigenvalue weighted by molar-refractivity contribution is 5.66. The summed E-state index contributed by atoms with van der Waals surface area (Å²) in [5, 5.41) is 17.6. The van der Waals surface area contributed by atoms with Crippen LogP contribution in [0.2, 0.25) is 0 Å². The molecule has 0 unspecified atom stereocenters. The molecular weight excluding hydrogens is 206 g/mol. The van der Waals surface area contributed by atoms with Crippen LogP contribution < -0.4 is 0 Å². The van der Waals surface area contributed by atoms with Gasteiger partial charge in [-0.2, -0.15) is 5.26 Å². The molecule has 0 aliphatic carbocycles. The molecule has 0 fully saturated rings. The van der Waals surface area contributed by atoms with E-state index in [0.717, 1.165) is 37.3 Å². The maximum atomic E-state index is 10.5. The fraction of sp³-hybridized carbons (Fsp3) is 0.545. The van der Waals surface area contributed by atoms with Crippen molar-refractivity contribution in [3.8, 4) is 6.07 Å². The van der Waals surface area contributed by atoms with Gasteiger partial charge in [-0.3, -0.25) is 4.79 Å². The Labute approximate surface area is 93.3 Å². The smallest absolute Gasteiger partial charge is 0.303 e. The zero-order valence-electron chi connectivity index (χ0n) is 8.94. The lowest BCUT2D eigenvalue weighted by Gasteiger charge is -2.16. The number of fused-ring (bicyclic) bond motifs is 1. The van der Waals surface area contributed by atoms with Crippen LogP contribution >= 0.6 is 0 Å².